The molecule has 3 aromatic rings. The van der Waals surface area contributed by atoms with Gasteiger partial charge in [-0.05, 0) is 40.5 Å². The molecule has 2 heterocycles. The molecule has 2 aromatic heterocycles. The summed E-state index contributed by atoms with van der Waals surface area (Å²) in [5.74, 6) is 0.953. The summed E-state index contributed by atoms with van der Waals surface area (Å²) in [5.41, 5.74) is 0.886. The maximum absolute atomic E-state index is 6.01. The van der Waals surface area contributed by atoms with E-state index >= 15 is 0 Å². The Morgan fingerprint density at radius 1 is 1.32 bits per heavy atom. The minimum atomic E-state index is 0.181. The Balaban J connectivity index is 2.12. The van der Waals surface area contributed by atoms with Crippen molar-refractivity contribution in [2.24, 2.45) is 0 Å². The molecule has 98 valence electrons. The second kappa shape index (κ2) is 5.13. The SMILES string of the molecule is CC[C@@H](c1cc2cc(Br)cc(Br)c2o1)n1ccnc1. The number of hydrogen-bond donors (Lipinski definition) is 0. The van der Waals surface area contributed by atoms with Gasteiger partial charge in [0.05, 0.1) is 16.8 Å². The number of fused-ring (bicyclic) bond motifs is 1. The molecular formula is C14H12Br2N2O. The lowest BCUT2D eigenvalue weighted by molar-refractivity contribution is 0.439. The normalized spacial score (nSPS) is 13.0. The minimum Gasteiger partial charge on any atom is -0.458 e. The van der Waals surface area contributed by atoms with Gasteiger partial charge in [-0.2, -0.15) is 0 Å². The molecule has 0 aliphatic heterocycles. The first kappa shape index (κ1) is 12.9. The van der Waals surface area contributed by atoms with Crippen LogP contribution in [0, 0.1) is 0 Å². The summed E-state index contributed by atoms with van der Waals surface area (Å²) in [4.78, 5) is 4.11. The number of aromatic nitrogens is 2. The van der Waals surface area contributed by atoms with Gasteiger partial charge in [0.2, 0.25) is 0 Å². The molecule has 0 bridgehead atoms. The van der Waals surface area contributed by atoms with Gasteiger partial charge < -0.3 is 8.98 Å². The van der Waals surface area contributed by atoms with E-state index in [2.05, 4.69) is 60.5 Å². The zero-order valence-electron chi connectivity index (χ0n) is 10.3. The molecule has 0 saturated carbocycles. The van der Waals surface area contributed by atoms with Crippen molar-refractivity contribution < 1.29 is 4.42 Å². The molecule has 3 nitrogen and oxygen atoms in total. The van der Waals surface area contributed by atoms with Crippen molar-refractivity contribution in [2.75, 3.05) is 0 Å². The van der Waals surface area contributed by atoms with Crippen LogP contribution in [0.3, 0.4) is 0 Å². The molecule has 19 heavy (non-hydrogen) atoms. The predicted octanol–water partition coefficient (Wildman–Crippen LogP) is 5.15. The molecule has 0 saturated heterocycles. The average Bonchev–Trinajstić information content (AvgIpc) is 2.99. The fourth-order valence-electron chi connectivity index (χ4n) is 2.27. The molecule has 0 aliphatic rings. The van der Waals surface area contributed by atoms with Gasteiger partial charge >= 0.3 is 0 Å². The second-order valence-corrected chi connectivity index (χ2v) is 6.16. The van der Waals surface area contributed by atoms with E-state index < -0.39 is 0 Å². The van der Waals surface area contributed by atoms with Crippen LogP contribution in [0.1, 0.15) is 25.1 Å². The van der Waals surface area contributed by atoms with Crippen LogP contribution in [0.25, 0.3) is 11.0 Å². The molecule has 0 spiro atoms. The first-order chi connectivity index (χ1) is 9.19. The van der Waals surface area contributed by atoms with Crippen LogP contribution in [0.5, 0.6) is 0 Å². The number of hydrogen-bond acceptors (Lipinski definition) is 2. The van der Waals surface area contributed by atoms with Crippen LogP contribution in [-0.4, -0.2) is 9.55 Å². The van der Waals surface area contributed by atoms with Gasteiger partial charge in [-0.15, -0.1) is 0 Å². The highest BCUT2D eigenvalue weighted by Gasteiger charge is 2.17. The smallest absolute Gasteiger partial charge is 0.148 e. The summed E-state index contributed by atoms with van der Waals surface area (Å²) in [6, 6.07) is 6.33. The third-order valence-corrected chi connectivity index (χ3v) is 4.20. The highest BCUT2D eigenvalue weighted by molar-refractivity contribution is 9.11. The Kier molecular flexibility index (Phi) is 3.50. The van der Waals surface area contributed by atoms with Crippen LogP contribution in [0.2, 0.25) is 0 Å². The topological polar surface area (TPSA) is 31.0 Å². The van der Waals surface area contributed by atoms with E-state index in [0.717, 1.165) is 32.1 Å². The van der Waals surface area contributed by atoms with E-state index in [1.54, 1.807) is 6.20 Å². The highest BCUT2D eigenvalue weighted by Crippen LogP contribution is 2.34. The molecule has 0 fully saturated rings. The molecule has 0 amide bonds. The van der Waals surface area contributed by atoms with Gasteiger partial charge in [0.25, 0.3) is 0 Å². The lowest BCUT2D eigenvalue weighted by atomic mass is 10.1. The Labute approximate surface area is 127 Å². The van der Waals surface area contributed by atoms with Crippen LogP contribution in [0.15, 0.2) is 50.3 Å². The largest absolute Gasteiger partial charge is 0.458 e. The molecule has 0 N–H and O–H groups in total. The monoisotopic (exact) mass is 382 g/mol. The second-order valence-electron chi connectivity index (χ2n) is 4.39. The minimum absolute atomic E-state index is 0.181. The van der Waals surface area contributed by atoms with Crippen molar-refractivity contribution in [2.45, 2.75) is 19.4 Å². The molecule has 0 unspecified atom stereocenters. The van der Waals surface area contributed by atoms with Gasteiger partial charge in [-0.1, -0.05) is 22.9 Å². The number of nitrogens with zero attached hydrogens (tertiary/aromatic N) is 2. The molecule has 1 atom stereocenters. The third kappa shape index (κ3) is 2.37. The van der Waals surface area contributed by atoms with E-state index in [4.69, 9.17) is 4.42 Å². The molecule has 0 aliphatic carbocycles. The van der Waals surface area contributed by atoms with Crippen LogP contribution >= 0.6 is 31.9 Å². The zero-order chi connectivity index (χ0) is 13.4. The summed E-state index contributed by atoms with van der Waals surface area (Å²) in [6.45, 7) is 2.14. The van der Waals surface area contributed by atoms with E-state index in [1.165, 1.54) is 0 Å². The van der Waals surface area contributed by atoms with Crippen molar-refractivity contribution in [1.29, 1.82) is 0 Å². The Morgan fingerprint density at radius 2 is 2.16 bits per heavy atom. The molecular weight excluding hydrogens is 372 g/mol. The average molecular weight is 384 g/mol. The number of imidazole rings is 1. The summed E-state index contributed by atoms with van der Waals surface area (Å²) in [7, 11) is 0. The van der Waals surface area contributed by atoms with Crippen LogP contribution in [0.4, 0.5) is 0 Å². The summed E-state index contributed by atoms with van der Waals surface area (Å²) >= 11 is 7.04. The van der Waals surface area contributed by atoms with Crippen LogP contribution in [-0.2, 0) is 0 Å². The zero-order valence-corrected chi connectivity index (χ0v) is 13.5. The molecule has 5 heteroatoms. The Morgan fingerprint density at radius 3 is 2.84 bits per heavy atom. The summed E-state index contributed by atoms with van der Waals surface area (Å²) in [6.07, 6.45) is 6.53. The first-order valence-electron chi connectivity index (χ1n) is 6.05. The fraction of sp³-hybridized carbons (Fsp3) is 0.214. The van der Waals surface area contributed by atoms with Gasteiger partial charge in [-0.3, -0.25) is 0 Å². The Hall–Kier alpha value is -1.07. The van der Waals surface area contributed by atoms with E-state index in [9.17, 15) is 0 Å². The van der Waals surface area contributed by atoms with E-state index in [-0.39, 0.29) is 6.04 Å². The predicted molar refractivity (Wildman–Crippen MR) is 82.3 cm³/mol. The number of halogens is 2. The lowest BCUT2D eigenvalue weighted by Gasteiger charge is -2.13. The molecule has 0 radical (unpaired) electrons. The Bertz CT molecular complexity index is 704. The quantitative estimate of drug-likeness (QED) is 0.625. The van der Waals surface area contributed by atoms with Gasteiger partial charge in [-0.25, -0.2) is 4.98 Å². The van der Waals surface area contributed by atoms with Crippen molar-refractivity contribution in [3.05, 3.63) is 51.6 Å². The standard InChI is InChI=1S/C14H12Br2N2O/c1-2-12(18-4-3-17-8-18)13-6-9-5-10(15)7-11(16)14(9)19-13/h3-8,12H,2H2,1H3/t12-/m0/s1. The number of benzene rings is 1. The van der Waals surface area contributed by atoms with Crippen molar-refractivity contribution >= 4 is 42.8 Å². The van der Waals surface area contributed by atoms with E-state index in [1.807, 2.05) is 18.6 Å². The lowest BCUT2D eigenvalue weighted by Crippen LogP contribution is -2.06. The van der Waals surface area contributed by atoms with Crippen molar-refractivity contribution in [1.82, 2.24) is 9.55 Å². The maximum atomic E-state index is 6.01. The van der Waals surface area contributed by atoms with Gasteiger partial charge in [0, 0.05) is 22.3 Å². The summed E-state index contributed by atoms with van der Waals surface area (Å²) < 4.78 is 10.1. The summed E-state index contributed by atoms with van der Waals surface area (Å²) in [5, 5.41) is 1.09. The van der Waals surface area contributed by atoms with Crippen molar-refractivity contribution in [3.8, 4) is 0 Å². The maximum Gasteiger partial charge on any atom is 0.148 e. The van der Waals surface area contributed by atoms with Gasteiger partial charge in [0.1, 0.15) is 11.3 Å². The first-order valence-corrected chi connectivity index (χ1v) is 7.63. The fourth-order valence-corrected chi connectivity index (χ4v) is 3.61. The number of rotatable bonds is 3. The number of furan rings is 1. The third-order valence-electron chi connectivity index (χ3n) is 3.15. The highest BCUT2D eigenvalue weighted by atomic mass is 79.9. The van der Waals surface area contributed by atoms with E-state index in [0.29, 0.717) is 0 Å². The molecule has 3 rings (SSSR count). The van der Waals surface area contributed by atoms with Crippen molar-refractivity contribution in [3.63, 3.8) is 0 Å². The van der Waals surface area contributed by atoms with Crippen LogP contribution < -0.4 is 0 Å². The molecule has 1 aromatic carbocycles. The van der Waals surface area contributed by atoms with Gasteiger partial charge in [0.15, 0.2) is 0 Å².